The van der Waals surface area contributed by atoms with Crippen molar-refractivity contribution in [3.8, 4) is 11.1 Å². The van der Waals surface area contributed by atoms with Gasteiger partial charge in [-0.05, 0) is 24.1 Å². The van der Waals surface area contributed by atoms with E-state index in [4.69, 9.17) is 17.3 Å². The van der Waals surface area contributed by atoms with Gasteiger partial charge in [-0.1, -0.05) is 53.6 Å². The maximum absolute atomic E-state index is 6.20. The summed E-state index contributed by atoms with van der Waals surface area (Å²) in [5.41, 5.74) is 10.3. The molecule has 0 unspecified atom stereocenters. The third-order valence-electron chi connectivity index (χ3n) is 2.65. The van der Waals surface area contributed by atoms with Gasteiger partial charge in [0.25, 0.3) is 0 Å². The first-order valence-corrected chi connectivity index (χ1v) is 5.64. The van der Waals surface area contributed by atoms with Crippen molar-refractivity contribution in [2.75, 3.05) is 0 Å². The molecule has 0 heterocycles. The maximum atomic E-state index is 6.20. The van der Waals surface area contributed by atoms with Crippen molar-refractivity contribution in [1.82, 2.24) is 0 Å². The highest BCUT2D eigenvalue weighted by Gasteiger charge is 2.07. The molecular weight excluding hydrogens is 218 g/mol. The third-order valence-corrected chi connectivity index (χ3v) is 2.98. The standard InChI is InChI=1S/C14H14ClN/c1-10-6-7-11(9-16)13(8-10)12-4-2-3-5-14(12)15/h2-8H,9,16H2,1H3. The Morgan fingerprint density at radius 3 is 2.50 bits per heavy atom. The number of hydrogen-bond donors (Lipinski definition) is 1. The predicted molar refractivity (Wildman–Crippen MR) is 69.5 cm³/mol. The summed E-state index contributed by atoms with van der Waals surface area (Å²) in [5.74, 6) is 0. The summed E-state index contributed by atoms with van der Waals surface area (Å²) in [5, 5.41) is 0.766. The topological polar surface area (TPSA) is 26.0 Å². The van der Waals surface area contributed by atoms with Gasteiger partial charge in [-0.15, -0.1) is 0 Å². The molecule has 0 aliphatic rings. The zero-order valence-corrected chi connectivity index (χ0v) is 9.96. The summed E-state index contributed by atoms with van der Waals surface area (Å²) in [6, 6.07) is 14.1. The fraction of sp³-hybridized carbons (Fsp3) is 0.143. The number of nitrogens with two attached hydrogens (primary N) is 1. The molecule has 0 radical (unpaired) electrons. The van der Waals surface area contributed by atoms with E-state index in [2.05, 4.69) is 25.1 Å². The normalized spacial score (nSPS) is 10.4. The summed E-state index contributed by atoms with van der Waals surface area (Å²) in [4.78, 5) is 0. The Morgan fingerprint density at radius 2 is 1.81 bits per heavy atom. The summed E-state index contributed by atoms with van der Waals surface area (Å²) in [6.07, 6.45) is 0. The molecule has 0 bridgehead atoms. The Kier molecular flexibility index (Phi) is 3.28. The number of benzene rings is 2. The first-order chi connectivity index (χ1) is 7.72. The Hall–Kier alpha value is -1.31. The summed E-state index contributed by atoms with van der Waals surface area (Å²) < 4.78 is 0. The molecule has 0 saturated heterocycles. The largest absolute Gasteiger partial charge is 0.326 e. The second-order valence-electron chi connectivity index (χ2n) is 3.84. The Balaban J connectivity index is 2.63. The highest BCUT2D eigenvalue weighted by Crippen LogP contribution is 2.30. The van der Waals surface area contributed by atoms with E-state index in [1.165, 1.54) is 5.56 Å². The SMILES string of the molecule is Cc1ccc(CN)c(-c2ccccc2Cl)c1. The van der Waals surface area contributed by atoms with Crippen LogP contribution in [0.15, 0.2) is 42.5 Å². The molecule has 2 rings (SSSR count). The Bertz CT molecular complexity index is 506. The molecule has 2 N–H and O–H groups in total. The third kappa shape index (κ3) is 2.11. The van der Waals surface area contributed by atoms with Gasteiger partial charge < -0.3 is 5.73 Å². The predicted octanol–water partition coefficient (Wildman–Crippen LogP) is 3.77. The second-order valence-corrected chi connectivity index (χ2v) is 4.25. The molecule has 82 valence electrons. The van der Waals surface area contributed by atoms with Gasteiger partial charge >= 0.3 is 0 Å². The number of aryl methyl sites for hydroxylation is 1. The van der Waals surface area contributed by atoms with Crippen molar-refractivity contribution in [3.05, 3.63) is 58.6 Å². The van der Waals surface area contributed by atoms with Crippen LogP contribution in [0.5, 0.6) is 0 Å². The molecule has 2 aromatic carbocycles. The van der Waals surface area contributed by atoms with Gasteiger partial charge in [0.05, 0.1) is 0 Å². The van der Waals surface area contributed by atoms with Gasteiger partial charge in [0.2, 0.25) is 0 Å². The molecule has 2 heteroatoms. The lowest BCUT2D eigenvalue weighted by Gasteiger charge is -2.10. The van der Waals surface area contributed by atoms with E-state index in [0.717, 1.165) is 21.7 Å². The van der Waals surface area contributed by atoms with Gasteiger partial charge in [0.15, 0.2) is 0 Å². The van der Waals surface area contributed by atoms with E-state index >= 15 is 0 Å². The van der Waals surface area contributed by atoms with Crippen molar-refractivity contribution in [1.29, 1.82) is 0 Å². The lowest BCUT2D eigenvalue weighted by Crippen LogP contribution is -1.99. The highest BCUT2D eigenvalue weighted by molar-refractivity contribution is 6.33. The van der Waals surface area contributed by atoms with Gasteiger partial charge in [0.1, 0.15) is 0 Å². The van der Waals surface area contributed by atoms with E-state index in [-0.39, 0.29) is 0 Å². The van der Waals surface area contributed by atoms with Gasteiger partial charge in [-0.2, -0.15) is 0 Å². The van der Waals surface area contributed by atoms with Crippen LogP contribution in [-0.4, -0.2) is 0 Å². The molecule has 1 nitrogen and oxygen atoms in total. The van der Waals surface area contributed by atoms with E-state index in [1.54, 1.807) is 0 Å². The molecule has 2 aromatic rings. The van der Waals surface area contributed by atoms with Crippen molar-refractivity contribution in [3.63, 3.8) is 0 Å². The molecule has 0 atom stereocenters. The zero-order valence-electron chi connectivity index (χ0n) is 9.20. The van der Waals surface area contributed by atoms with Crippen LogP contribution in [0.2, 0.25) is 5.02 Å². The van der Waals surface area contributed by atoms with E-state index in [0.29, 0.717) is 6.54 Å². The number of rotatable bonds is 2. The van der Waals surface area contributed by atoms with E-state index < -0.39 is 0 Å². The molecule has 0 spiro atoms. The first kappa shape index (κ1) is 11.2. The quantitative estimate of drug-likeness (QED) is 0.837. The molecule has 0 aromatic heterocycles. The minimum absolute atomic E-state index is 0.529. The first-order valence-electron chi connectivity index (χ1n) is 5.27. The van der Waals surface area contributed by atoms with Gasteiger partial charge in [-0.25, -0.2) is 0 Å². The van der Waals surface area contributed by atoms with Gasteiger partial charge in [0, 0.05) is 17.1 Å². The van der Waals surface area contributed by atoms with Crippen LogP contribution in [0, 0.1) is 6.92 Å². The molecule has 0 saturated carbocycles. The van der Waals surface area contributed by atoms with Crippen LogP contribution >= 0.6 is 11.6 Å². The summed E-state index contributed by atoms with van der Waals surface area (Å²) >= 11 is 6.20. The average Bonchev–Trinajstić information content (AvgIpc) is 2.29. The van der Waals surface area contributed by atoms with Crippen LogP contribution in [0.1, 0.15) is 11.1 Å². The monoisotopic (exact) mass is 231 g/mol. The molecule has 16 heavy (non-hydrogen) atoms. The zero-order chi connectivity index (χ0) is 11.5. The van der Waals surface area contributed by atoms with Crippen molar-refractivity contribution < 1.29 is 0 Å². The second kappa shape index (κ2) is 4.69. The number of hydrogen-bond acceptors (Lipinski definition) is 1. The summed E-state index contributed by atoms with van der Waals surface area (Å²) in [7, 11) is 0. The van der Waals surface area contributed by atoms with Crippen LogP contribution in [0.4, 0.5) is 0 Å². The summed E-state index contributed by atoms with van der Waals surface area (Å²) in [6.45, 7) is 2.60. The fourth-order valence-corrected chi connectivity index (χ4v) is 2.04. The Labute approximate surface area is 101 Å². The highest BCUT2D eigenvalue weighted by atomic mass is 35.5. The number of halogens is 1. The van der Waals surface area contributed by atoms with Crippen molar-refractivity contribution >= 4 is 11.6 Å². The minimum atomic E-state index is 0.529. The van der Waals surface area contributed by atoms with Crippen LogP contribution < -0.4 is 5.73 Å². The maximum Gasteiger partial charge on any atom is 0.0484 e. The van der Waals surface area contributed by atoms with Crippen LogP contribution in [0.25, 0.3) is 11.1 Å². The van der Waals surface area contributed by atoms with Crippen molar-refractivity contribution in [2.24, 2.45) is 5.73 Å². The lowest BCUT2D eigenvalue weighted by molar-refractivity contribution is 1.07. The van der Waals surface area contributed by atoms with E-state index in [1.807, 2.05) is 24.3 Å². The van der Waals surface area contributed by atoms with Crippen LogP contribution in [0.3, 0.4) is 0 Å². The molecular formula is C14H14ClN. The molecule has 0 amide bonds. The lowest BCUT2D eigenvalue weighted by atomic mass is 9.97. The Morgan fingerprint density at radius 1 is 1.06 bits per heavy atom. The molecule has 0 fully saturated rings. The minimum Gasteiger partial charge on any atom is -0.326 e. The van der Waals surface area contributed by atoms with Crippen molar-refractivity contribution in [2.45, 2.75) is 13.5 Å². The van der Waals surface area contributed by atoms with Gasteiger partial charge in [-0.3, -0.25) is 0 Å². The molecule has 0 aliphatic heterocycles. The smallest absolute Gasteiger partial charge is 0.0484 e. The van der Waals surface area contributed by atoms with E-state index in [9.17, 15) is 0 Å². The average molecular weight is 232 g/mol. The van der Waals surface area contributed by atoms with Crippen LogP contribution in [-0.2, 0) is 6.54 Å². The fourth-order valence-electron chi connectivity index (χ4n) is 1.80. The molecule has 0 aliphatic carbocycles.